The second-order valence-electron chi connectivity index (χ2n) is 5.83. The van der Waals surface area contributed by atoms with Crippen LogP contribution in [-0.4, -0.2) is 5.78 Å². The van der Waals surface area contributed by atoms with Crippen molar-refractivity contribution < 1.29 is 21.9 Å². The molecule has 2 rings (SSSR count). The quantitative estimate of drug-likeness (QED) is 0.542. The second-order valence-corrected chi connectivity index (χ2v) is 5.83. The summed E-state index contributed by atoms with van der Waals surface area (Å²) in [6.45, 7) is 7.98. The van der Waals surface area contributed by atoms with Gasteiger partial charge < -0.3 is 4.79 Å². The molecule has 2 aliphatic carbocycles. The first-order valence-electron chi connectivity index (χ1n) is 7.03. The van der Waals surface area contributed by atoms with E-state index >= 15 is 0 Å². The molecule has 2 aliphatic rings. The molecule has 2 heteroatoms. The van der Waals surface area contributed by atoms with Crippen molar-refractivity contribution in [2.45, 2.75) is 53.4 Å². The Hall–Kier alpha value is -0.851. The van der Waals surface area contributed by atoms with Gasteiger partial charge in [-0.25, -0.2) is 11.6 Å². The molecule has 0 saturated carbocycles. The Bertz CT molecular complexity index is 431. The summed E-state index contributed by atoms with van der Waals surface area (Å²) in [5.41, 5.74) is 1.88. The van der Waals surface area contributed by atoms with Crippen molar-refractivity contribution >= 4 is 5.78 Å². The second kappa shape index (κ2) is 9.15. The van der Waals surface area contributed by atoms with E-state index in [9.17, 15) is 4.79 Å². The molecule has 0 heterocycles. The van der Waals surface area contributed by atoms with E-state index in [1.54, 1.807) is 0 Å². The van der Waals surface area contributed by atoms with Crippen molar-refractivity contribution in [3.63, 3.8) is 0 Å². The number of hydrogen-bond donors (Lipinski definition) is 0. The number of allylic oxidation sites excluding steroid dienone is 8. The molecule has 0 aliphatic heterocycles. The first-order chi connectivity index (χ1) is 8.95. The van der Waals surface area contributed by atoms with Crippen LogP contribution in [0.5, 0.6) is 0 Å². The summed E-state index contributed by atoms with van der Waals surface area (Å²) in [4.78, 5) is 11.5. The van der Waals surface area contributed by atoms with Crippen molar-refractivity contribution in [2.75, 3.05) is 0 Å². The number of carbonyl (C=O) groups is 1. The zero-order valence-electron chi connectivity index (χ0n) is 12.9. The van der Waals surface area contributed by atoms with Crippen LogP contribution in [0, 0.1) is 17.6 Å². The van der Waals surface area contributed by atoms with Crippen molar-refractivity contribution in [2.24, 2.45) is 5.41 Å². The van der Waals surface area contributed by atoms with E-state index in [1.165, 1.54) is 18.4 Å². The molecule has 0 aromatic rings. The monoisotopic (exact) mass is 312 g/mol. The summed E-state index contributed by atoms with van der Waals surface area (Å²) in [7, 11) is 0. The number of ketones is 1. The molecular formula is C18H24FeO. The zero-order chi connectivity index (χ0) is 14.3. The minimum atomic E-state index is -0.267. The molecular weight excluding hydrogens is 288 g/mol. The predicted molar refractivity (Wildman–Crippen MR) is 80.4 cm³/mol. The molecule has 0 radical (unpaired) electrons. The van der Waals surface area contributed by atoms with Gasteiger partial charge in [-0.2, -0.15) is 23.8 Å². The Balaban J connectivity index is 0.000000359. The van der Waals surface area contributed by atoms with Gasteiger partial charge in [-0.15, -0.1) is 12.5 Å². The summed E-state index contributed by atoms with van der Waals surface area (Å²) < 4.78 is 0. The molecule has 0 bridgehead atoms. The van der Waals surface area contributed by atoms with Gasteiger partial charge >= 0.3 is 17.1 Å². The van der Waals surface area contributed by atoms with E-state index in [-0.39, 0.29) is 28.3 Å². The fourth-order valence-electron chi connectivity index (χ4n) is 1.86. The van der Waals surface area contributed by atoms with Gasteiger partial charge in [0.15, 0.2) is 0 Å². The molecule has 0 fully saturated rings. The van der Waals surface area contributed by atoms with Crippen LogP contribution in [0.1, 0.15) is 53.4 Å². The summed E-state index contributed by atoms with van der Waals surface area (Å²) in [5.74, 6) is 0.186. The van der Waals surface area contributed by atoms with Crippen molar-refractivity contribution in [3.8, 4) is 0 Å². The van der Waals surface area contributed by atoms with Gasteiger partial charge in [0, 0.05) is 0 Å². The Morgan fingerprint density at radius 2 is 1.75 bits per heavy atom. The molecule has 0 aromatic heterocycles. The fraction of sp³-hybridized carbons (Fsp3) is 0.500. The van der Waals surface area contributed by atoms with Crippen LogP contribution in [0.3, 0.4) is 0 Å². The fourth-order valence-corrected chi connectivity index (χ4v) is 1.86. The van der Waals surface area contributed by atoms with Crippen LogP contribution in [0.2, 0.25) is 0 Å². The van der Waals surface area contributed by atoms with E-state index < -0.39 is 0 Å². The molecule has 0 aromatic carbocycles. The van der Waals surface area contributed by atoms with Crippen LogP contribution in [0.25, 0.3) is 0 Å². The topological polar surface area (TPSA) is 17.1 Å². The molecule has 0 spiro atoms. The van der Waals surface area contributed by atoms with Crippen LogP contribution >= 0.6 is 0 Å². The van der Waals surface area contributed by atoms with Crippen LogP contribution in [0.4, 0.5) is 0 Å². The third-order valence-electron chi connectivity index (χ3n) is 2.91. The first kappa shape index (κ1) is 19.1. The third kappa shape index (κ3) is 6.54. The SMILES string of the molecule is CC(C)(C)C(=O)C1=[C-]CC=C1.CCCC1=[C-]CC=C1.[Fe+2]. The summed E-state index contributed by atoms with van der Waals surface area (Å²) in [6, 6.07) is 0. The van der Waals surface area contributed by atoms with Crippen LogP contribution < -0.4 is 0 Å². The van der Waals surface area contributed by atoms with Crippen LogP contribution in [-0.2, 0) is 21.9 Å². The molecule has 0 atom stereocenters. The van der Waals surface area contributed by atoms with E-state index in [1.807, 2.05) is 32.9 Å². The molecule has 0 N–H and O–H groups in total. The number of hydrogen-bond acceptors (Lipinski definition) is 1. The number of Topliss-reactive ketones (excluding diaryl/α,β-unsaturated/α-hetero) is 1. The number of rotatable bonds is 3. The average molecular weight is 312 g/mol. The molecule has 1 nitrogen and oxygen atoms in total. The maximum Gasteiger partial charge on any atom is 2.00 e. The predicted octanol–water partition coefficient (Wildman–Crippen LogP) is 4.76. The van der Waals surface area contributed by atoms with Gasteiger partial charge in [0.05, 0.1) is 5.78 Å². The Morgan fingerprint density at radius 3 is 2.15 bits per heavy atom. The van der Waals surface area contributed by atoms with Crippen molar-refractivity contribution in [1.29, 1.82) is 0 Å². The summed E-state index contributed by atoms with van der Waals surface area (Å²) in [5, 5.41) is 0. The standard InChI is InChI=1S/C10H13O.C8H11.Fe/c1-10(2,3)9(11)8-6-4-5-7-8;1-2-5-8-6-3-4-7-8;/h4,6H,5H2,1-3H3;3,6H,2,4-5H2,1H3;/q2*-1;+2. The van der Waals surface area contributed by atoms with Gasteiger partial charge in [-0.05, 0) is 5.41 Å². The minimum absolute atomic E-state index is 0. The molecule has 20 heavy (non-hydrogen) atoms. The molecule has 0 unspecified atom stereocenters. The van der Waals surface area contributed by atoms with Gasteiger partial charge in [0.25, 0.3) is 0 Å². The van der Waals surface area contributed by atoms with Crippen molar-refractivity contribution in [1.82, 2.24) is 0 Å². The van der Waals surface area contributed by atoms with Crippen LogP contribution in [0.15, 0.2) is 35.5 Å². The Morgan fingerprint density at radius 1 is 1.15 bits per heavy atom. The Labute approximate surface area is 134 Å². The smallest absolute Gasteiger partial charge is 0.370 e. The number of carbonyl (C=O) groups excluding carboxylic acids is 1. The minimum Gasteiger partial charge on any atom is -0.370 e. The molecule has 0 saturated heterocycles. The molecule has 0 amide bonds. The van der Waals surface area contributed by atoms with E-state index in [0.717, 1.165) is 18.4 Å². The average Bonchev–Trinajstić information content (AvgIpc) is 3.00. The summed E-state index contributed by atoms with van der Waals surface area (Å²) >= 11 is 0. The normalized spacial score (nSPS) is 16.0. The zero-order valence-corrected chi connectivity index (χ0v) is 14.0. The maximum absolute atomic E-state index is 11.5. The van der Waals surface area contributed by atoms with Crippen molar-refractivity contribution in [3.05, 3.63) is 47.6 Å². The van der Waals surface area contributed by atoms with Gasteiger partial charge in [-0.1, -0.05) is 47.0 Å². The third-order valence-corrected chi connectivity index (χ3v) is 2.91. The van der Waals surface area contributed by atoms with Gasteiger partial charge in [0.1, 0.15) is 0 Å². The van der Waals surface area contributed by atoms with Gasteiger partial charge in [0.2, 0.25) is 0 Å². The summed E-state index contributed by atoms with van der Waals surface area (Å²) in [6.07, 6.45) is 18.7. The Kier molecular flexibility index (Phi) is 8.76. The van der Waals surface area contributed by atoms with E-state index in [4.69, 9.17) is 0 Å². The van der Waals surface area contributed by atoms with E-state index in [0.29, 0.717) is 0 Å². The first-order valence-corrected chi connectivity index (χ1v) is 7.03. The van der Waals surface area contributed by atoms with Gasteiger partial charge in [-0.3, -0.25) is 6.08 Å². The molecule has 110 valence electrons. The van der Waals surface area contributed by atoms with E-state index in [2.05, 4.69) is 31.2 Å². The largest absolute Gasteiger partial charge is 2.00 e. The maximum atomic E-state index is 11.5.